The number of anilines is 1. The lowest BCUT2D eigenvalue weighted by molar-refractivity contribution is 0.472. The number of benzene rings is 2. The molecule has 0 amide bonds. The summed E-state index contributed by atoms with van der Waals surface area (Å²) >= 11 is 0. The molecule has 10 nitrogen and oxygen atoms in total. The van der Waals surface area contributed by atoms with Crippen LogP contribution in [-0.4, -0.2) is 46.0 Å². The van der Waals surface area contributed by atoms with Crippen molar-refractivity contribution in [2.24, 2.45) is 0 Å². The van der Waals surface area contributed by atoms with E-state index in [2.05, 4.69) is 25.5 Å². The molecular weight excluding hydrogens is 456 g/mol. The van der Waals surface area contributed by atoms with E-state index in [1.807, 2.05) is 13.1 Å². The van der Waals surface area contributed by atoms with Gasteiger partial charge in [0.1, 0.15) is 5.75 Å². The Morgan fingerprint density at radius 3 is 2.47 bits per heavy atom. The third kappa shape index (κ3) is 4.47. The number of phenols is 1. The summed E-state index contributed by atoms with van der Waals surface area (Å²) in [7, 11) is -1.56. The SMILES string of the molecule is CNCc1ccc(-c2nnc(-c3nc(-c4ccc(S(=O)(=O)C(C)C)cc4)cnc3N)o2)c(O)c1.[HH].[HH].[HH].[HH]. The number of hydrogen-bond donors (Lipinski definition) is 3. The fourth-order valence-corrected chi connectivity index (χ4v) is 4.34. The van der Waals surface area contributed by atoms with Gasteiger partial charge in [0, 0.05) is 17.8 Å². The van der Waals surface area contributed by atoms with Crippen LogP contribution < -0.4 is 11.1 Å². The van der Waals surface area contributed by atoms with Gasteiger partial charge in [-0.3, -0.25) is 0 Å². The summed E-state index contributed by atoms with van der Waals surface area (Å²) in [6, 6.07) is 11.5. The Bertz CT molecular complexity index is 1450. The first-order chi connectivity index (χ1) is 16.2. The Hall–Kier alpha value is -3.83. The van der Waals surface area contributed by atoms with Crippen molar-refractivity contribution in [2.75, 3.05) is 12.8 Å². The maximum absolute atomic E-state index is 12.4. The molecule has 0 saturated heterocycles. The second-order valence-electron chi connectivity index (χ2n) is 7.90. The van der Waals surface area contributed by atoms with Crippen LogP contribution in [0.1, 0.15) is 25.1 Å². The predicted octanol–water partition coefficient (Wildman–Crippen LogP) is 4.03. The van der Waals surface area contributed by atoms with E-state index >= 15 is 0 Å². The highest BCUT2D eigenvalue weighted by Crippen LogP contribution is 2.32. The van der Waals surface area contributed by atoms with Crippen LogP contribution in [0.5, 0.6) is 5.75 Å². The zero-order chi connectivity index (χ0) is 24.5. The minimum absolute atomic E-state index is 0. The van der Waals surface area contributed by atoms with Gasteiger partial charge in [-0.05, 0) is 50.7 Å². The van der Waals surface area contributed by atoms with Gasteiger partial charge in [0.05, 0.1) is 27.6 Å². The lowest BCUT2D eigenvalue weighted by Gasteiger charge is -2.09. The van der Waals surface area contributed by atoms with E-state index in [0.717, 1.165) is 5.56 Å². The minimum Gasteiger partial charge on any atom is -0.507 e. The monoisotopic (exact) mass is 488 g/mol. The zero-order valence-electron chi connectivity index (χ0n) is 18.8. The van der Waals surface area contributed by atoms with Crippen molar-refractivity contribution in [3.8, 4) is 40.0 Å². The van der Waals surface area contributed by atoms with Crippen LogP contribution in [0.3, 0.4) is 0 Å². The fraction of sp³-hybridized carbons (Fsp3) is 0.217. The smallest absolute Gasteiger partial charge is 0.270 e. The molecule has 2 aromatic carbocycles. The van der Waals surface area contributed by atoms with Gasteiger partial charge >= 0.3 is 0 Å². The molecule has 2 aromatic heterocycles. The molecule has 0 aliphatic rings. The quantitative estimate of drug-likeness (QED) is 0.347. The van der Waals surface area contributed by atoms with Crippen molar-refractivity contribution in [2.45, 2.75) is 30.5 Å². The first kappa shape index (κ1) is 23.3. The molecule has 0 fully saturated rings. The Morgan fingerprint density at radius 2 is 1.82 bits per heavy atom. The van der Waals surface area contributed by atoms with Crippen LogP contribution in [0.25, 0.3) is 34.3 Å². The number of rotatable bonds is 7. The van der Waals surface area contributed by atoms with E-state index in [1.165, 1.54) is 18.3 Å². The van der Waals surface area contributed by atoms with Crippen molar-refractivity contribution in [1.29, 1.82) is 0 Å². The van der Waals surface area contributed by atoms with Crippen molar-refractivity contribution in [1.82, 2.24) is 25.5 Å². The summed E-state index contributed by atoms with van der Waals surface area (Å²) in [4.78, 5) is 8.91. The standard InChI is InChI=1S/C23H24N6O4S.4H2/c1-13(2)34(31,32)16-7-5-15(6-8-16)18-12-26-21(24)20(27-18)23-29-28-22(33-23)17-9-4-14(11-25-3)10-19(17)30;;;;/h4-10,12-13,25,30H,11H2,1-3H3,(H2,24,26);4*1H. The van der Waals surface area contributed by atoms with Gasteiger partial charge in [0.15, 0.2) is 21.3 Å². The van der Waals surface area contributed by atoms with Crippen molar-refractivity contribution in [3.63, 3.8) is 0 Å². The molecule has 0 unspecified atom stereocenters. The van der Waals surface area contributed by atoms with Gasteiger partial charge in [0.25, 0.3) is 11.8 Å². The van der Waals surface area contributed by atoms with Gasteiger partial charge in [-0.15, -0.1) is 10.2 Å². The molecule has 184 valence electrons. The second kappa shape index (κ2) is 9.20. The number of aromatic nitrogens is 4. The highest BCUT2D eigenvalue weighted by molar-refractivity contribution is 7.92. The number of aromatic hydroxyl groups is 1. The first-order valence-corrected chi connectivity index (χ1v) is 12.0. The van der Waals surface area contributed by atoms with E-state index in [1.54, 1.807) is 38.1 Å². The molecule has 0 spiro atoms. The van der Waals surface area contributed by atoms with Crippen molar-refractivity contribution in [3.05, 3.63) is 54.2 Å². The molecule has 34 heavy (non-hydrogen) atoms. The molecule has 0 bridgehead atoms. The molecule has 0 aliphatic carbocycles. The third-order valence-electron chi connectivity index (χ3n) is 5.20. The van der Waals surface area contributed by atoms with Gasteiger partial charge in [-0.25, -0.2) is 18.4 Å². The minimum atomic E-state index is -3.38. The Labute approximate surface area is 202 Å². The van der Waals surface area contributed by atoms with Crippen molar-refractivity contribution >= 4 is 15.7 Å². The van der Waals surface area contributed by atoms with Crippen LogP contribution in [0.4, 0.5) is 5.82 Å². The molecule has 0 radical (unpaired) electrons. The van der Waals surface area contributed by atoms with Crippen LogP contribution in [0.2, 0.25) is 0 Å². The highest BCUT2D eigenvalue weighted by atomic mass is 32.2. The molecule has 0 aliphatic heterocycles. The van der Waals surface area contributed by atoms with E-state index in [4.69, 9.17) is 10.2 Å². The largest absolute Gasteiger partial charge is 0.507 e. The molecular formula is C23H32N6O4S. The third-order valence-corrected chi connectivity index (χ3v) is 7.37. The lowest BCUT2D eigenvalue weighted by Crippen LogP contribution is -2.13. The molecule has 4 aromatic rings. The number of nitrogens with two attached hydrogens (primary N) is 1. The maximum Gasteiger partial charge on any atom is 0.270 e. The molecule has 4 rings (SSSR count). The molecule has 0 saturated carbocycles. The van der Waals surface area contributed by atoms with Crippen LogP contribution in [0.15, 0.2) is 58.0 Å². The summed E-state index contributed by atoms with van der Waals surface area (Å²) < 4.78 is 30.5. The summed E-state index contributed by atoms with van der Waals surface area (Å²) in [5.74, 6) is 0.247. The second-order valence-corrected chi connectivity index (χ2v) is 10.4. The number of nitrogen functional groups attached to an aromatic ring is 1. The number of hydrogen-bond acceptors (Lipinski definition) is 10. The van der Waals surface area contributed by atoms with Gasteiger partial charge in [-0.2, -0.15) is 0 Å². The summed E-state index contributed by atoms with van der Waals surface area (Å²) in [6.45, 7) is 3.87. The number of sulfone groups is 1. The van der Waals surface area contributed by atoms with Gasteiger partial charge < -0.3 is 20.6 Å². The van der Waals surface area contributed by atoms with E-state index in [9.17, 15) is 13.5 Å². The van der Waals surface area contributed by atoms with Crippen LogP contribution >= 0.6 is 0 Å². The molecule has 0 atom stereocenters. The Kier molecular flexibility index (Phi) is 6.31. The van der Waals surface area contributed by atoms with Crippen LogP contribution in [-0.2, 0) is 16.4 Å². The molecule has 2 heterocycles. The predicted molar refractivity (Wildman–Crippen MR) is 136 cm³/mol. The van der Waals surface area contributed by atoms with E-state index in [0.29, 0.717) is 23.4 Å². The van der Waals surface area contributed by atoms with Crippen LogP contribution in [0, 0.1) is 0 Å². The van der Waals surface area contributed by atoms with E-state index in [-0.39, 0.29) is 39.6 Å². The maximum atomic E-state index is 12.4. The summed E-state index contributed by atoms with van der Waals surface area (Å²) in [5, 5.41) is 20.9. The number of phenolic OH excluding ortho intramolecular Hbond substituents is 1. The summed E-state index contributed by atoms with van der Waals surface area (Å²) in [5.41, 5.74) is 8.57. The topological polar surface area (TPSA) is 157 Å². The first-order valence-electron chi connectivity index (χ1n) is 10.5. The lowest BCUT2D eigenvalue weighted by atomic mass is 10.1. The fourth-order valence-electron chi connectivity index (χ4n) is 3.28. The van der Waals surface area contributed by atoms with Crippen molar-refractivity contribution < 1.29 is 23.6 Å². The normalized spacial score (nSPS) is 11.8. The highest BCUT2D eigenvalue weighted by Gasteiger charge is 2.21. The Balaban J connectivity index is 0.00000342. The average molecular weight is 489 g/mol. The van der Waals surface area contributed by atoms with E-state index < -0.39 is 15.1 Å². The average Bonchev–Trinajstić information content (AvgIpc) is 3.29. The zero-order valence-corrected chi connectivity index (χ0v) is 19.7. The molecule has 11 heteroatoms. The molecule has 4 N–H and O–H groups in total. The van der Waals surface area contributed by atoms with Gasteiger partial charge in [0.2, 0.25) is 0 Å². The number of nitrogens with zero attached hydrogens (tertiary/aromatic N) is 4. The summed E-state index contributed by atoms with van der Waals surface area (Å²) in [6.07, 6.45) is 1.48. The Morgan fingerprint density at radius 1 is 1.12 bits per heavy atom. The number of nitrogens with one attached hydrogen (secondary N) is 1. The van der Waals surface area contributed by atoms with Gasteiger partial charge in [-0.1, -0.05) is 18.2 Å².